The van der Waals surface area contributed by atoms with Gasteiger partial charge in [-0.1, -0.05) is 30.3 Å². The summed E-state index contributed by atoms with van der Waals surface area (Å²) in [6.07, 6.45) is 4.74. The van der Waals surface area contributed by atoms with Gasteiger partial charge in [0.2, 0.25) is 5.88 Å². The molecule has 0 saturated carbocycles. The number of nitrogens with zero attached hydrogens (tertiary/aromatic N) is 4. The average Bonchev–Trinajstić information content (AvgIpc) is 3.20. The maximum atomic E-state index is 12.7. The van der Waals surface area contributed by atoms with Gasteiger partial charge < -0.3 is 9.64 Å². The first-order chi connectivity index (χ1) is 12.8. The van der Waals surface area contributed by atoms with Gasteiger partial charge in [-0.2, -0.15) is 5.10 Å². The van der Waals surface area contributed by atoms with Gasteiger partial charge in [-0.15, -0.1) is 0 Å². The van der Waals surface area contributed by atoms with E-state index in [1.165, 1.54) is 6.33 Å². The summed E-state index contributed by atoms with van der Waals surface area (Å²) in [5, 5.41) is 7.12. The highest BCUT2D eigenvalue weighted by molar-refractivity contribution is 5.93. The van der Waals surface area contributed by atoms with E-state index in [1.54, 1.807) is 18.3 Å². The van der Waals surface area contributed by atoms with Crippen molar-refractivity contribution < 1.29 is 9.53 Å². The molecule has 0 spiro atoms. The molecule has 1 N–H and O–H groups in total. The third-order valence-electron chi connectivity index (χ3n) is 4.45. The zero-order chi connectivity index (χ0) is 17.8. The lowest BCUT2D eigenvalue weighted by molar-refractivity contribution is 0.0582. The van der Waals surface area contributed by atoms with E-state index in [1.807, 2.05) is 35.2 Å². The second-order valence-electron chi connectivity index (χ2n) is 6.19. The van der Waals surface area contributed by atoms with E-state index >= 15 is 0 Å². The van der Waals surface area contributed by atoms with Crippen LogP contribution in [0.3, 0.4) is 0 Å². The Labute approximate surface area is 151 Å². The van der Waals surface area contributed by atoms with Gasteiger partial charge in [0, 0.05) is 43.8 Å². The van der Waals surface area contributed by atoms with Crippen LogP contribution in [0.2, 0.25) is 0 Å². The van der Waals surface area contributed by atoms with Crippen LogP contribution in [0.1, 0.15) is 23.3 Å². The van der Waals surface area contributed by atoms with Crippen molar-refractivity contribution in [2.45, 2.75) is 18.9 Å². The first-order valence-electron chi connectivity index (χ1n) is 8.62. The minimum Gasteiger partial charge on any atom is -0.474 e. The molecule has 7 nitrogen and oxygen atoms in total. The van der Waals surface area contributed by atoms with Crippen molar-refractivity contribution >= 4 is 5.91 Å². The van der Waals surface area contributed by atoms with Gasteiger partial charge in [0.25, 0.3) is 5.91 Å². The smallest absolute Gasteiger partial charge is 0.271 e. The predicted octanol–water partition coefficient (Wildman–Crippen LogP) is 2.55. The molecule has 0 atom stereocenters. The summed E-state index contributed by atoms with van der Waals surface area (Å²) in [5.41, 5.74) is 2.27. The van der Waals surface area contributed by atoms with Crippen molar-refractivity contribution in [3.05, 3.63) is 60.7 Å². The molecular weight excluding hydrogens is 330 g/mol. The van der Waals surface area contributed by atoms with Crippen LogP contribution < -0.4 is 4.74 Å². The maximum absolute atomic E-state index is 12.7. The van der Waals surface area contributed by atoms with Crippen LogP contribution in [-0.2, 0) is 0 Å². The highest BCUT2D eigenvalue weighted by atomic mass is 16.5. The van der Waals surface area contributed by atoms with E-state index in [4.69, 9.17) is 4.74 Å². The Morgan fingerprint density at radius 3 is 2.69 bits per heavy atom. The van der Waals surface area contributed by atoms with Gasteiger partial charge >= 0.3 is 0 Å². The van der Waals surface area contributed by atoms with Crippen LogP contribution in [0.25, 0.3) is 11.3 Å². The van der Waals surface area contributed by atoms with Crippen molar-refractivity contribution in [2.24, 2.45) is 0 Å². The average molecular weight is 349 g/mol. The summed E-state index contributed by atoms with van der Waals surface area (Å²) in [7, 11) is 0. The van der Waals surface area contributed by atoms with Crippen LogP contribution >= 0.6 is 0 Å². The summed E-state index contributed by atoms with van der Waals surface area (Å²) >= 11 is 0. The lowest BCUT2D eigenvalue weighted by Gasteiger charge is -2.31. The molecule has 26 heavy (non-hydrogen) atoms. The van der Waals surface area contributed by atoms with E-state index in [0.29, 0.717) is 24.7 Å². The third-order valence-corrected chi connectivity index (χ3v) is 4.45. The molecule has 0 radical (unpaired) electrons. The number of hydrogen-bond acceptors (Lipinski definition) is 5. The van der Waals surface area contributed by atoms with Crippen LogP contribution in [0.15, 0.2) is 55.0 Å². The molecule has 2 aromatic heterocycles. The van der Waals surface area contributed by atoms with Gasteiger partial charge in [0.15, 0.2) is 0 Å². The molecule has 0 unspecified atom stereocenters. The minimum atomic E-state index is -0.0276. The van der Waals surface area contributed by atoms with E-state index in [-0.39, 0.29) is 12.0 Å². The largest absolute Gasteiger partial charge is 0.474 e. The number of H-pyrrole nitrogens is 1. The second-order valence-corrected chi connectivity index (χ2v) is 6.19. The third kappa shape index (κ3) is 3.56. The lowest BCUT2D eigenvalue weighted by Crippen LogP contribution is -2.42. The summed E-state index contributed by atoms with van der Waals surface area (Å²) in [6.45, 7) is 1.29. The zero-order valence-corrected chi connectivity index (χ0v) is 14.2. The number of hydrogen-bond donors (Lipinski definition) is 1. The standard InChI is InChI=1S/C19H19N5O2/c25-19(17-12-16(22-23-17)14-4-2-1-3-5-14)24-10-7-15(8-11-24)26-18-6-9-20-13-21-18/h1-6,9,12-13,15H,7-8,10-11H2,(H,22,23). The molecule has 4 rings (SSSR count). The van der Waals surface area contributed by atoms with E-state index in [9.17, 15) is 4.79 Å². The fourth-order valence-corrected chi connectivity index (χ4v) is 3.05. The van der Waals surface area contributed by atoms with E-state index in [0.717, 1.165) is 24.1 Å². The summed E-state index contributed by atoms with van der Waals surface area (Å²) in [6, 6.07) is 13.4. The number of piperidine rings is 1. The number of aromatic nitrogens is 4. The Morgan fingerprint density at radius 1 is 1.15 bits per heavy atom. The van der Waals surface area contributed by atoms with Crippen molar-refractivity contribution in [3.8, 4) is 17.1 Å². The lowest BCUT2D eigenvalue weighted by atomic mass is 10.1. The van der Waals surface area contributed by atoms with Crippen molar-refractivity contribution in [1.29, 1.82) is 0 Å². The molecule has 132 valence electrons. The second kappa shape index (κ2) is 7.35. The number of benzene rings is 1. The molecule has 1 aliphatic rings. The Kier molecular flexibility index (Phi) is 4.59. The van der Waals surface area contributed by atoms with Gasteiger partial charge in [-0.25, -0.2) is 9.97 Å². The molecule has 3 aromatic rings. The van der Waals surface area contributed by atoms with Crippen LogP contribution in [0, 0.1) is 0 Å². The predicted molar refractivity (Wildman–Crippen MR) is 95.6 cm³/mol. The van der Waals surface area contributed by atoms with Gasteiger partial charge in [-0.05, 0) is 6.07 Å². The van der Waals surface area contributed by atoms with Crippen LogP contribution in [0.4, 0.5) is 0 Å². The van der Waals surface area contributed by atoms with Crippen molar-refractivity contribution in [1.82, 2.24) is 25.1 Å². The monoisotopic (exact) mass is 349 g/mol. The first kappa shape index (κ1) is 16.3. The number of ether oxygens (including phenoxy) is 1. The number of rotatable bonds is 4. The molecule has 3 heterocycles. The fourth-order valence-electron chi connectivity index (χ4n) is 3.05. The number of carbonyl (C=O) groups is 1. The molecule has 0 bridgehead atoms. The molecule has 0 aliphatic carbocycles. The fraction of sp³-hybridized carbons (Fsp3) is 0.263. The highest BCUT2D eigenvalue weighted by Crippen LogP contribution is 2.20. The molecule has 1 aliphatic heterocycles. The summed E-state index contributed by atoms with van der Waals surface area (Å²) in [4.78, 5) is 22.5. The Hall–Kier alpha value is -3.22. The topological polar surface area (TPSA) is 84.0 Å². The number of amides is 1. The van der Waals surface area contributed by atoms with Crippen molar-refractivity contribution in [2.75, 3.05) is 13.1 Å². The van der Waals surface area contributed by atoms with Gasteiger partial charge in [0.1, 0.15) is 18.1 Å². The van der Waals surface area contributed by atoms with Crippen molar-refractivity contribution in [3.63, 3.8) is 0 Å². The number of carbonyl (C=O) groups excluding carboxylic acids is 1. The van der Waals surface area contributed by atoms with Gasteiger partial charge in [-0.3, -0.25) is 9.89 Å². The highest BCUT2D eigenvalue weighted by Gasteiger charge is 2.26. The van der Waals surface area contributed by atoms with E-state index < -0.39 is 0 Å². The molecule has 7 heteroatoms. The SMILES string of the molecule is O=C(c1cc(-c2ccccc2)n[nH]1)N1CCC(Oc2ccncn2)CC1. The summed E-state index contributed by atoms with van der Waals surface area (Å²) in [5.74, 6) is 0.547. The summed E-state index contributed by atoms with van der Waals surface area (Å²) < 4.78 is 5.84. The number of likely N-dealkylation sites (tertiary alicyclic amines) is 1. The molecule has 1 aromatic carbocycles. The number of aromatic amines is 1. The van der Waals surface area contributed by atoms with Crippen LogP contribution in [-0.4, -0.2) is 50.2 Å². The molecular formula is C19H19N5O2. The molecule has 1 fully saturated rings. The molecule has 1 saturated heterocycles. The maximum Gasteiger partial charge on any atom is 0.271 e. The zero-order valence-electron chi connectivity index (χ0n) is 14.2. The number of nitrogens with one attached hydrogen (secondary N) is 1. The Balaban J connectivity index is 1.36. The Morgan fingerprint density at radius 2 is 1.96 bits per heavy atom. The first-order valence-corrected chi connectivity index (χ1v) is 8.62. The molecule has 1 amide bonds. The van der Waals surface area contributed by atoms with E-state index in [2.05, 4.69) is 20.2 Å². The normalized spacial score (nSPS) is 15.0. The minimum absolute atomic E-state index is 0.0276. The van der Waals surface area contributed by atoms with Crippen LogP contribution in [0.5, 0.6) is 5.88 Å². The quantitative estimate of drug-likeness (QED) is 0.782. The van der Waals surface area contributed by atoms with Gasteiger partial charge in [0.05, 0.1) is 5.69 Å². The Bertz CT molecular complexity index is 858.